The summed E-state index contributed by atoms with van der Waals surface area (Å²) in [6.07, 6.45) is 0. The van der Waals surface area contributed by atoms with Crippen molar-refractivity contribution in [3.63, 3.8) is 0 Å². The Bertz CT molecular complexity index is 1340. The Balaban J connectivity index is 1.93. The number of hydrogen-bond acceptors (Lipinski definition) is 3. The zero-order chi connectivity index (χ0) is 19.3. The molecule has 0 atom stereocenters. The summed E-state index contributed by atoms with van der Waals surface area (Å²) in [5.74, 6) is -0.436. The van der Waals surface area contributed by atoms with Gasteiger partial charge in [-0.25, -0.2) is 4.39 Å². The van der Waals surface area contributed by atoms with Crippen LogP contribution in [0.5, 0.6) is 0 Å². The van der Waals surface area contributed by atoms with E-state index in [2.05, 4.69) is 4.98 Å². The van der Waals surface area contributed by atoms with Crippen LogP contribution in [0.4, 0.5) is 4.39 Å². The maximum Gasteiger partial charge on any atom is 0.281 e. The molecule has 0 bridgehead atoms. The van der Waals surface area contributed by atoms with E-state index in [-0.39, 0.29) is 16.9 Å². The molecule has 1 aliphatic rings. The number of para-hydroxylation sites is 1. The number of aromatic nitrogens is 2. The average Bonchev–Trinajstić information content (AvgIpc) is 2.73. The van der Waals surface area contributed by atoms with Gasteiger partial charge in [-0.2, -0.15) is 4.98 Å². The summed E-state index contributed by atoms with van der Waals surface area (Å²) in [5, 5.41) is 11.6. The molecule has 0 saturated carbocycles. The summed E-state index contributed by atoms with van der Waals surface area (Å²) in [5.41, 5.74) is 2.48. The lowest BCUT2D eigenvalue weighted by molar-refractivity contribution is 0.503. The highest BCUT2D eigenvalue weighted by molar-refractivity contribution is 5.97. The van der Waals surface area contributed by atoms with Crippen LogP contribution in [0.2, 0.25) is 0 Å². The molecule has 0 unspecified atom stereocenters. The van der Waals surface area contributed by atoms with Gasteiger partial charge in [0.2, 0.25) is 0 Å². The van der Waals surface area contributed by atoms with Crippen LogP contribution in [0.25, 0.3) is 22.2 Å². The predicted octanol–water partition coefficient (Wildman–Crippen LogP) is 4.37. The number of hydrogen-bond donors (Lipinski definition) is 1. The zero-order valence-electron chi connectivity index (χ0n) is 14.8. The van der Waals surface area contributed by atoms with Crippen molar-refractivity contribution < 1.29 is 9.50 Å². The molecule has 3 aromatic carbocycles. The number of benzene rings is 3. The third kappa shape index (κ3) is 2.36. The SMILES string of the molecule is O=c1nc2n(c3ccccc13)Cc1ccccc1/C2=C(\O)c1ccccc1F. The van der Waals surface area contributed by atoms with Crippen molar-refractivity contribution in [3.8, 4) is 0 Å². The third-order valence-corrected chi connectivity index (χ3v) is 5.09. The summed E-state index contributed by atoms with van der Waals surface area (Å²) >= 11 is 0. The Morgan fingerprint density at radius 3 is 2.54 bits per heavy atom. The predicted molar refractivity (Wildman–Crippen MR) is 106 cm³/mol. The van der Waals surface area contributed by atoms with Crippen molar-refractivity contribution >= 4 is 22.2 Å². The van der Waals surface area contributed by atoms with Gasteiger partial charge in [-0.3, -0.25) is 4.79 Å². The molecule has 5 rings (SSSR count). The summed E-state index contributed by atoms with van der Waals surface area (Å²) in [6.45, 7) is 0.507. The van der Waals surface area contributed by atoms with Crippen molar-refractivity contribution in [2.24, 2.45) is 0 Å². The molecule has 0 spiro atoms. The van der Waals surface area contributed by atoms with Gasteiger partial charge in [-0.05, 0) is 35.4 Å². The average molecular weight is 370 g/mol. The molecule has 2 heterocycles. The van der Waals surface area contributed by atoms with E-state index in [1.54, 1.807) is 24.3 Å². The van der Waals surface area contributed by atoms with Crippen LogP contribution in [0.3, 0.4) is 0 Å². The molecule has 0 amide bonds. The summed E-state index contributed by atoms with van der Waals surface area (Å²) in [4.78, 5) is 16.9. The molecule has 5 heteroatoms. The molecule has 0 radical (unpaired) electrons. The van der Waals surface area contributed by atoms with E-state index < -0.39 is 5.82 Å². The normalized spacial score (nSPS) is 14.5. The molecular formula is C23H15FN2O2. The third-order valence-electron chi connectivity index (χ3n) is 5.09. The minimum Gasteiger partial charge on any atom is -0.506 e. The summed E-state index contributed by atoms with van der Waals surface area (Å²) in [7, 11) is 0. The van der Waals surface area contributed by atoms with Crippen LogP contribution in [0.15, 0.2) is 77.6 Å². The first-order chi connectivity index (χ1) is 13.6. The number of fused-ring (bicyclic) bond motifs is 4. The molecule has 1 N–H and O–H groups in total. The maximum absolute atomic E-state index is 14.4. The fraction of sp³-hybridized carbons (Fsp3) is 0.0435. The maximum atomic E-state index is 14.4. The smallest absolute Gasteiger partial charge is 0.281 e. The molecule has 0 saturated heterocycles. The molecule has 136 valence electrons. The highest BCUT2D eigenvalue weighted by Crippen LogP contribution is 2.37. The van der Waals surface area contributed by atoms with E-state index >= 15 is 0 Å². The van der Waals surface area contributed by atoms with Gasteiger partial charge < -0.3 is 9.67 Å². The van der Waals surface area contributed by atoms with E-state index in [1.807, 2.05) is 41.0 Å². The van der Waals surface area contributed by atoms with Gasteiger partial charge in [0.25, 0.3) is 5.56 Å². The minimum absolute atomic E-state index is 0.0724. The number of rotatable bonds is 1. The van der Waals surface area contributed by atoms with Crippen molar-refractivity contribution in [1.29, 1.82) is 0 Å². The first-order valence-corrected chi connectivity index (χ1v) is 8.91. The van der Waals surface area contributed by atoms with Gasteiger partial charge in [0.15, 0.2) is 0 Å². The van der Waals surface area contributed by atoms with Crippen LogP contribution < -0.4 is 5.56 Å². The lowest BCUT2D eigenvalue weighted by atomic mass is 9.92. The number of aliphatic hydroxyl groups is 1. The molecule has 1 aliphatic heterocycles. The van der Waals surface area contributed by atoms with Gasteiger partial charge in [0.05, 0.1) is 28.6 Å². The second-order valence-corrected chi connectivity index (χ2v) is 6.70. The van der Waals surface area contributed by atoms with Crippen LogP contribution in [0.1, 0.15) is 22.5 Å². The number of aliphatic hydroxyl groups excluding tert-OH is 1. The Kier molecular flexibility index (Phi) is 3.62. The van der Waals surface area contributed by atoms with Crippen LogP contribution in [-0.2, 0) is 6.54 Å². The summed E-state index contributed by atoms with van der Waals surface area (Å²) in [6, 6.07) is 20.8. The van der Waals surface area contributed by atoms with Gasteiger partial charge in [0.1, 0.15) is 17.4 Å². The summed E-state index contributed by atoms with van der Waals surface area (Å²) < 4.78 is 16.3. The van der Waals surface area contributed by atoms with Gasteiger partial charge in [0, 0.05) is 0 Å². The molecular weight excluding hydrogens is 355 g/mol. The zero-order valence-corrected chi connectivity index (χ0v) is 14.8. The Morgan fingerprint density at radius 1 is 0.964 bits per heavy atom. The monoisotopic (exact) mass is 370 g/mol. The first kappa shape index (κ1) is 16.4. The first-order valence-electron chi connectivity index (χ1n) is 8.91. The van der Waals surface area contributed by atoms with Crippen molar-refractivity contribution in [1.82, 2.24) is 9.55 Å². The molecule has 0 fully saturated rings. The van der Waals surface area contributed by atoms with E-state index in [1.165, 1.54) is 12.1 Å². The van der Waals surface area contributed by atoms with Crippen LogP contribution in [-0.4, -0.2) is 14.7 Å². The Labute approximate surface area is 159 Å². The highest BCUT2D eigenvalue weighted by Gasteiger charge is 2.27. The fourth-order valence-corrected chi connectivity index (χ4v) is 3.79. The van der Waals surface area contributed by atoms with Crippen LogP contribution >= 0.6 is 0 Å². The van der Waals surface area contributed by atoms with Gasteiger partial charge >= 0.3 is 0 Å². The largest absolute Gasteiger partial charge is 0.506 e. The lowest BCUT2D eigenvalue weighted by Crippen LogP contribution is -2.24. The highest BCUT2D eigenvalue weighted by atomic mass is 19.1. The van der Waals surface area contributed by atoms with E-state index in [0.29, 0.717) is 23.3 Å². The Morgan fingerprint density at radius 2 is 1.68 bits per heavy atom. The second-order valence-electron chi connectivity index (χ2n) is 6.70. The van der Waals surface area contributed by atoms with E-state index in [9.17, 15) is 14.3 Å². The fourth-order valence-electron chi connectivity index (χ4n) is 3.79. The quantitative estimate of drug-likeness (QED) is 0.446. The van der Waals surface area contributed by atoms with Crippen molar-refractivity contribution in [2.45, 2.75) is 6.54 Å². The number of halogens is 1. The van der Waals surface area contributed by atoms with Gasteiger partial charge in [-0.15, -0.1) is 0 Å². The minimum atomic E-state index is -0.537. The second kappa shape index (κ2) is 6.16. The molecule has 0 aliphatic carbocycles. The number of nitrogens with zero attached hydrogens (tertiary/aromatic N) is 2. The van der Waals surface area contributed by atoms with Crippen molar-refractivity contribution in [2.75, 3.05) is 0 Å². The lowest BCUT2D eigenvalue weighted by Gasteiger charge is -2.26. The topological polar surface area (TPSA) is 55.1 Å². The molecule has 28 heavy (non-hydrogen) atoms. The molecule has 4 nitrogen and oxygen atoms in total. The standard InChI is InChI=1S/C23H15FN2O2/c24-18-11-5-3-9-16(18)21(27)20-15-8-2-1-7-14(15)13-26-19-12-6-4-10-17(19)23(28)25-22(20)26/h1-12,27H,13H2/b21-20+. The molecule has 4 aromatic rings. The van der Waals surface area contributed by atoms with E-state index in [4.69, 9.17) is 0 Å². The van der Waals surface area contributed by atoms with E-state index in [0.717, 1.165) is 16.6 Å². The van der Waals surface area contributed by atoms with Gasteiger partial charge in [-0.1, -0.05) is 48.5 Å². The van der Waals surface area contributed by atoms with Crippen molar-refractivity contribution in [3.05, 3.63) is 111 Å². The Hall–Kier alpha value is -3.73. The molecule has 1 aromatic heterocycles. The van der Waals surface area contributed by atoms with Crippen LogP contribution in [0, 0.1) is 5.82 Å².